The van der Waals surface area contributed by atoms with Gasteiger partial charge in [0, 0.05) is 40.1 Å². The molecule has 1 N–H and O–H groups in total. The first-order valence-electron chi connectivity index (χ1n) is 12.1. The number of benzene rings is 1. The maximum atomic E-state index is 13.6. The average Bonchev–Trinajstić information content (AvgIpc) is 3.57. The van der Waals surface area contributed by atoms with Crippen molar-refractivity contribution in [2.24, 2.45) is 0 Å². The molecule has 1 saturated carbocycles. The summed E-state index contributed by atoms with van der Waals surface area (Å²) in [5, 5.41) is 5.44. The Balaban J connectivity index is 1.54. The molecule has 3 aliphatic rings. The van der Waals surface area contributed by atoms with E-state index in [2.05, 4.69) is 11.4 Å². The van der Waals surface area contributed by atoms with E-state index in [4.69, 9.17) is 9.47 Å². The molecule has 1 aromatic heterocycles. The summed E-state index contributed by atoms with van der Waals surface area (Å²) in [6.07, 6.45) is 4.90. The molecular formula is C28H29NO5S. The second-order valence-electron chi connectivity index (χ2n) is 9.46. The molecule has 0 radical (unpaired) electrons. The maximum Gasteiger partial charge on any atom is 0.337 e. The summed E-state index contributed by atoms with van der Waals surface area (Å²) in [5.74, 6) is -1.18. The second-order valence-corrected chi connectivity index (χ2v) is 10.4. The topological polar surface area (TPSA) is 81.7 Å². The Labute approximate surface area is 209 Å². The van der Waals surface area contributed by atoms with E-state index in [9.17, 15) is 14.4 Å². The van der Waals surface area contributed by atoms with E-state index in [-0.39, 0.29) is 23.8 Å². The lowest BCUT2D eigenvalue weighted by atomic mass is 9.72. The van der Waals surface area contributed by atoms with Gasteiger partial charge in [-0.25, -0.2) is 9.59 Å². The third kappa shape index (κ3) is 4.57. The number of carbonyl (C=O) groups is 3. The Bertz CT molecular complexity index is 1200. The van der Waals surface area contributed by atoms with Crippen LogP contribution >= 0.6 is 11.3 Å². The first-order chi connectivity index (χ1) is 17.0. The molecule has 7 heteroatoms. The number of allylic oxidation sites excluding steroid dienone is 3. The number of Topliss-reactive ketones (excluding diaryl/α,β-unsaturated/α-hetero) is 1. The van der Waals surface area contributed by atoms with E-state index < -0.39 is 11.9 Å². The van der Waals surface area contributed by atoms with Crippen LogP contribution in [0, 0.1) is 0 Å². The lowest BCUT2D eigenvalue weighted by molar-refractivity contribution is -0.144. The number of nitrogens with one attached hydrogen (secondary N) is 1. The summed E-state index contributed by atoms with van der Waals surface area (Å²) in [6.45, 7) is 1.88. The van der Waals surface area contributed by atoms with Gasteiger partial charge in [-0.05, 0) is 68.2 Å². The van der Waals surface area contributed by atoms with Crippen LogP contribution < -0.4 is 5.32 Å². The van der Waals surface area contributed by atoms with E-state index in [0.717, 1.165) is 36.9 Å². The van der Waals surface area contributed by atoms with E-state index >= 15 is 0 Å². The van der Waals surface area contributed by atoms with Gasteiger partial charge >= 0.3 is 11.9 Å². The Hall–Kier alpha value is -3.19. The molecule has 35 heavy (non-hydrogen) atoms. The molecule has 1 aromatic carbocycles. The lowest BCUT2D eigenvalue weighted by Crippen LogP contribution is -2.36. The molecule has 0 spiro atoms. The zero-order valence-corrected chi connectivity index (χ0v) is 20.8. The predicted octanol–water partition coefficient (Wildman–Crippen LogP) is 5.38. The van der Waals surface area contributed by atoms with Gasteiger partial charge in [-0.2, -0.15) is 0 Å². The molecule has 182 valence electrons. The Kier molecular flexibility index (Phi) is 6.60. The smallest absolute Gasteiger partial charge is 0.337 e. The highest BCUT2D eigenvalue weighted by Gasteiger charge is 2.42. The fraction of sp³-hybridized carbons (Fsp3) is 0.393. The van der Waals surface area contributed by atoms with Gasteiger partial charge in [0.1, 0.15) is 6.10 Å². The van der Waals surface area contributed by atoms with E-state index in [1.807, 2.05) is 30.5 Å². The van der Waals surface area contributed by atoms with Crippen LogP contribution in [0.3, 0.4) is 0 Å². The largest absolute Gasteiger partial charge is 0.465 e. The van der Waals surface area contributed by atoms with Crippen LogP contribution in [0.2, 0.25) is 0 Å². The first-order valence-corrected chi connectivity index (χ1v) is 13.0. The predicted molar refractivity (Wildman–Crippen MR) is 133 cm³/mol. The lowest BCUT2D eigenvalue weighted by Gasteiger charge is -2.36. The minimum absolute atomic E-state index is 0.0397. The van der Waals surface area contributed by atoms with Crippen LogP contribution in [0.15, 0.2) is 64.3 Å². The molecule has 0 amide bonds. The number of esters is 2. The number of thiophene rings is 1. The summed E-state index contributed by atoms with van der Waals surface area (Å²) >= 11 is 1.67. The average molecular weight is 492 g/mol. The molecule has 1 aliphatic heterocycles. The van der Waals surface area contributed by atoms with Crippen LogP contribution in [0.4, 0.5) is 0 Å². The van der Waals surface area contributed by atoms with Crippen molar-refractivity contribution < 1.29 is 23.9 Å². The number of dihydropyridines is 1. The van der Waals surface area contributed by atoms with Gasteiger partial charge in [0.15, 0.2) is 5.78 Å². The zero-order chi connectivity index (χ0) is 24.5. The minimum Gasteiger partial charge on any atom is -0.465 e. The van der Waals surface area contributed by atoms with Gasteiger partial charge in [-0.3, -0.25) is 4.79 Å². The fourth-order valence-corrected chi connectivity index (χ4v) is 6.35. The van der Waals surface area contributed by atoms with Crippen LogP contribution in [0.1, 0.15) is 78.1 Å². The summed E-state index contributed by atoms with van der Waals surface area (Å²) in [7, 11) is 1.34. The van der Waals surface area contributed by atoms with Crippen LogP contribution in [-0.4, -0.2) is 30.9 Å². The Morgan fingerprint density at radius 2 is 1.77 bits per heavy atom. The van der Waals surface area contributed by atoms with Crippen molar-refractivity contribution in [3.8, 4) is 0 Å². The van der Waals surface area contributed by atoms with Crippen molar-refractivity contribution in [1.29, 1.82) is 0 Å². The zero-order valence-electron chi connectivity index (χ0n) is 20.0. The molecule has 2 aliphatic carbocycles. The van der Waals surface area contributed by atoms with E-state index in [1.54, 1.807) is 23.5 Å². The summed E-state index contributed by atoms with van der Waals surface area (Å²) in [5.41, 5.74) is 3.90. The molecule has 0 bridgehead atoms. The van der Waals surface area contributed by atoms with Crippen LogP contribution in [0.25, 0.3) is 0 Å². The van der Waals surface area contributed by atoms with E-state index in [1.165, 1.54) is 12.0 Å². The molecule has 1 fully saturated rings. The molecular weight excluding hydrogens is 462 g/mol. The fourth-order valence-electron chi connectivity index (χ4n) is 5.52. The second kappa shape index (κ2) is 9.82. The third-order valence-electron chi connectivity index (χ3n) is 7.23. The monoisotopic (exact) mass is 491 g/mol. The number of hydrogen-bond acceptors (Lipinski definition) is 7. The molecule has 2 heterocycles. The molecule has 2 unspecified atom stereocenters. The normalized spacial score (nSPS) is 22.6. The number of ketones is 1. The molecule has 6 nitrogen and oxygen atoms in total. The van der Waals surface area contributed by atoms with Gasteiger partial charge in [0.2, 0.25) is 0 Å². The van der Waals surface area contributed by atoms with Gasteiger partial charge in [0.25, 0.3) is 0 Å². The number of methoxy groups -OCH3 is 1. The highest BCUT2D eigenvalue weighted by molar-refractivity contribution is 7.10. The van der Waals surface area contributed by atoms with Crippen LogP contribution in [-0.2, 0) is 19.1 Å². The van der Waals surface area contributed by atoms with E-state index in [0.29, 0.717) is 35.2 Å². The van der Waals surface area contributed by atoms with Gasteiger partial charge < -0.3 is 14.8 Å². The number of carbonyl (C=O) groups excluding carboxylic acids is 3. The van der Waals surface area contributed by atoms with Crippen molar-refractivity contribution in [1.82, 2.24) is 5.32 Å². The van der Waals surface area contributed by atoms with Crippen molar-refractivity contribution in [3.63, 3.8) is 0 Å². The minimum atomic E-state index is -0.538. The summed E-state index contributed by atoms with van der Waals surface area (Å²) < 4.78 is 10.7. The molecule has 2 atom stereocenters. The molecule has 0 saturated heterocycles. The Morgan fingerprint density at radius 1 is 1.03 bits per heavy atom. The standard InChI is InChI=1S/C28H29NO5S/c1-16-24(28(32)34-20-6-3-4-7-20)25(17-9-11-18(12-10-17)27(31)33-2)26-21(29-16)14-19(15-22(26)30)23-8-5-13-35-23/h5,8-13,19-20,25,29H,3-4,6-7,14-15H2,1-2H3. The molecule has 2 aromatic rings. The van der Waals surface area contributed by atoms with Crippen molar-refractivity contribution in [2.75, 3.05) is 7.11 Å². The van der Waals surface area contributed by atoms with Gasteiger partial charge in [-0.1, -0.05) is 18.2 Å². The highest BCUT2D eigenvalue weighted by atomic mass is 32.1. The quantitative estimate of drug-likeness (QED) is 0.566. The van der Waals surface area contributed by atoms with Crippen molar-refractivity contribution in [3.05, 3.63) is 80.3 Å². The van der Waals surface area contributed by atoms with Crippen LogP contribution in [0.5, 0.6) is 0 Å². The summed E-state index contributed by atoms with van der Waals surface area (Å²) in [6, 6.07) is 11.1. The Morgan fingerprint density at radius 3 is 2.43 bits per heavy atom. The number of rotatable bonds is 5. The SMILES string of the molecule is COC(=O)c1ccc(C2C(C(=O)OC3CCCC3)=C(C)NC3=C2C(=O)CC(c2cccs2)C3)cc1. The van der Waals surface area contributed by atoms with Crippen molar-refractivity contribution in [2.45, 2.75) is 63.4 Å². The number of hydrogen-bond donors (Lipinski definition) is 1. The first kappa shape index (κ1) is 23.5. The maximum absolute atomic E-state index is 13.6. The highest BCUT2D eigenvalue weighted by Crippen LogP contribution is 2.46. The van der Waals surface area contributed by atoms with Gasteiger partial charge in [-0.15, -0.1) is 11.3 Å². The number of ether oxygens (including phenoxy) is 2. The van der Waals surface area contributed by atoms with Gasteiger partial charge in [0.05, 0.1) is 18.2 Å². The summed E-state index contributed by atoms with van der Waals surface area (Å²) in [4.78, 5) is 40.3. The third-order valence-corrected chi connectivity index (χ3v) is 8.27. The molecule has 5 rings (SSSR count). The van der Waals surface area contributed by atoms with Crippen molar-refractivity contribution >= 4 is 29.1 Å².